The number of aryl methyl sites for hydroxylation is 2. The minimum atomic E-state index is -0.306. The number of nitrogens with one attached hydrogen (secondary N) is 1. The van der Waals surface area contributed by atoms with Crippen LogP contribution in [-0.2, 0) is 6.42 Å². The van der Waals surface area contributed by atoms with Gasteiger partial charge in [-0.25, -0.2) is 18.5 Å². The van der Waals surface area contributed by atoms with E-state index < -0.39 is 0 Å². The highest BCUT2D eigenvalue weighted by Crippen LogP contribution is 2.28. The van der Waals surface area contributed by atoms with Gasteiger partial charge in [0.05, 0.1) is 16.6 Å². The number of halogens is 1. The van der Waals surface area contributed by atoms with Gasteiger partial charge in [-0.1, -0.05) is 19.1 Å². The molecule has 0 saturated heterocycles. The van der Waals surface area contributed by atoms with E-state index in [1.165, 1.54) is 22.9 Å². The quantitative estimate of drug-likeness (QED) is 0.512. The van der Waals surface area contributed by atoms with Crippen LogP contribution in [0.4, 0.5) is 4.39 Å². The number of rotatable bonds is 3. The van der Waals surface area contributed by atoms with Crippen molar-refractivity contribution in [3.63, 3.8) is 0 Å². The lowest BCUT2D eigenvalue weighted by Gasteiger charge is -2.05. The van der Waals surface area contributed by atoms with E-state index in [-0.39, 0.29) is 17.3 Å². The molecule has 0 spiro atoms. The number of aromatic amines is 1. The monoisotopic (exact) mass is 389 g/mol. The largest absolute Gasteiger partial charge is 0.268 e. The molecule has 9 heteroatoms. The van der Waals surface area contributed by atoms with Crippen LogP contribution in [-0.4, -0.2) is 34.3 Å². The van der Waals surface area contributed by atoms with E-state index in [1.54, 1.807) is 28.9 Å². The second kappa shape index (κ2) is 6.33. The molecular weight excluding hydrogens is 373 g/mol. The second-order valence-corrected chi connectivity index (χ2v) is 6.69. The van der Waals surface area contributed by atoms with Crippen molar-refractivity contribution in [2.45, 2.75) is 20.3 Å². The number of benzene rings is 1. The molecule has 5 aromatic rings. The molecule has 1 N–H and O–H groups in total. The van der Waals surface area contributed by atoms with Crippen LogP contribution in [0.2, 0.25) is 0 Å². The van der Waals surface area contributed by atoms with Crippen molar-refractivity contribution in [2.75, 3.05) is 0 Å². The molecule has 0 amide bonds. The fourth-order valence-corrected chi connectivity index (χ4v) is 3.44. The zero-order valence-corrected chi connectivity index (χ0v) is 15.7. The predicted molar refractivity (Wildman–Crippen MR) is 106 cm³/mol. The van der Waals surface area contributed by atoms with Crippen LogP contribution in [0.3, 0.4) is 0 Å². The molecule has 0 unspecified atom stereocenters. The lowest BCUT2D eigenvalue weighted by molar-refractivity contribution is 0.628. The van der Waals surface area contributed by atoms with Gasteiger partial charge in [-0.2, -0.15) is 10.1 Å². The number of aromatic nitrogens is 7. The Balaban J connectivity index is 1.74. The number of pyridine rings is 1. The Morgan fingerprint density at radius 3 is 2.69 bits per heavy atom. The van der Waals surface area contributed by atoms with Crippen molar-refractivity contribution in [3.8, 4) is 17.1 Å². The van der Waals surface area contributed by atoms with Gasteiger partial charge in [-0.15, -0.1) is 5.10 Å². The molecule has 0 bridgehead atoms. The maximum atomic E-state index is 13.3. The van der Waals surface area contributed by atoms with Crippen molar-refractivity contribution < 1.29 is 4.39 Å². The van der Waals surface area contributed by atoms with Gasteiger partial charge < -0.3 is 0 Å². The molecule has 5 rings (SSSR count). The molecule has 0 aliphatic rings. The third-order valence-corrected chi connectivity index (χ3v) is 4.89. The standard InChI is InChI=1S/C20H16FN7O/c1-3-16-23-20(25-24-16)27-9-8-15-14(19(27)29)10-22-18-17(11(2)26-28(15)18)12-4-6-13(21)7-5-12/h4-10H,3H2,1-2H3,(H,23,24,25). The summed E-state index contributed by atoms with van der Waals surface area (Å²) in [5.41, 5.74) is 3.30. The van der Waals surface area contributed by atoms with E-state index >= 15 is 0 Å². The van der Waals surface area contributed by atoms with Crippen molar-refractivity contribution in [3.05, 3.63) is 70.4 Å². The number of hydrogen-bond donors (Lipinski definition) is 1. The zero-order valence-electron chi connectivity index (χ0n) is 15.7. The maximum absolute atomic E-state index is 13.3. The van der Waals surface area contributed by atoms with Gasteiger partial charge >= 0.3 is 0 Å². The second-order valence-electron chi connectivity index (χ2n) is 6.69. The number of fused-ring (bicyclic) bond motifs is 3. The Morgan fingerprint density at radius 2 is 1.97 bits per heavy atom. The van der Waals surface area contributed by atoms with Gasteiger partial charge in [0, 0.05) is 24.4 Å². The normalized spacial score (nSPS) is 11.6. The Labute approximate surface area is 163 Å². The van der Waals surface area contributed by atoms with Gasteiger partial charge in [-0.05, 0) is 30.7 Å². The Hall–Kier alpha value is -3.88. The Bertz CT molecular complexity index is 1430. The van der Waals surface area contributed by atoms with Gasteiger partial charge in [-0.3, -0.25) is 9.89 Å². The van der Waals surface area contributed by atoms with Crippen LogP contribution in [0.5, 0.6) is 0 Å². The van der Waals surface area contributed by atoms with E-state index in [0.717, 1.165) is 16.8 Å². The highest BCUT2D eigenvalue weighted by molar-refractivity contribution is 5.86. The molecule has 144 valence electrons. The first-order valence-corrected chi connectivity index (χ1v) is 9.14. The Morgan fingerprint density at radius 1 is 1.17 bits per heavy atom. The fraction of sp³-hybridized carbons (Fsp3) is 0.150. The Kier molecular flexibility index (Phi) is 3.76. The lowest BCUT2D eigenvalue weighted by atomic mass is 10.1. The van der Waals surface area contributed by atoms with E-state index in [1.807, 2.05) is 13.8 Å². The molecule has 0 aliphatic carbocycles. The summed E-state index contributed by atoms with van der Waals surface area (Å²) >= 11 is 0. The first kappa shape index (κ1) is 17.2. The smallest absolute Gasteiger partial charge is 0.268 e. The number of hydrogen-bond acceptors (Lipinski definition) is 5. The lowest BCUT2D eigenvalue weighted by Crippen LogP contribution is -2.20. The molecule has 0 radical (unpaired) electrons. The van der Waals surface area contributed by atoms with Gasteiger partial charge in [0.25, 0.3) is 11.5 Å². The van der Waals surface area contributed by atoms with Crippen LogP contribution in [0, 0.1) is 12.7 Å². The van der Waals surface area contributed by atoms with E-state index in [4.69, 9.17) is 0 Å². The number of nitrogens with zero attached hydrogens (tertiary/aromatic N) is 6. The summed E-state index contributed by atoms with van der Waals surface area (Å²) in [5.74, 6) is 0.685. The topological polar surface area (TPSA) is 93.8 Å². The summed E-state index contributed by atoms with van der Waals surface area (Å²) in [6.07, 6.45) is 3.85. The average molecular weight is 389 g/mol. The van der Waals surface area contributed by atoms with Crippen LogP contribution < -0.4 is 5.56 Å². The summed E-state index contributed by atoms with van der Waals surface area (Å²) in [5, 5.41) is 11.9. The molecular formula is C20H16FN7O. The summed E-state index contributed by atoms with van der Waals surface area (Å²) in [6.45, 7) is 3.81. The fourth-order valence-electron chi connectivity index (χ4n) is 3.44. The molecule has 4 aromatic heterocycles. The van der Waals surface area contributed by atoms with Gasteiger partial charge in [0.1, 0.15) is 11.6 Å². The molecule has 4 heterocycles. The van der Waals surface area contributed by atoms with Crippen molar-refractivity contribution in [1.82, 2.24) is 34.3 Å². The summed E-state index contributed by atoms with van der Waals surface area (Å²) in [4.78, 5) is 21.8. The van der Waals surface area contributed by atoms with E-state index in [0.29, 0.717) is 28.8 Å². The minimum Gasteiger partial charge on any atom is -0.268 e. The van der Waals surface area contributed by atoms with Crippen LogP contribution in [0.25, 0.3) is 33.6 Å². The summed E-state index contributed by atoms with van der Waals surface area (Å²) in [7, 11) is 0. The molecule has 29 heavy (non-hydrogen) atoms. The molecule has 0 aliphatic heterocycles. The van der Waals surface area contributed by atoms with Crippen molar-refractivity contribution in [2.24, 2.45) is 0 Å². The van der Waals surface area contributed by atoms with E-state index in [9.17, 15) is 9.18 Å². The van der Waals surface area contributed by atoms with Gasteiger partial charge in [0.2, 0.25) is 0 Å². The van der Waals surface area contributed by atoms with Crippen molar-refractivity contribution >= 4 is 16.6 Å². The van der Waals surface area contributed by atoms with Crippen LogP contribution in [0.1, 0.15) is 18.4 Å². The average Bonchev–Trinajstić information content (AvgIpc) is 3.33. The maximum Gasteiger partial charge on any atom is 0.268 e. The summed E-state index contributed by atoms with van der Waals surface area (Å²) < 4.78 is 16.3. The third-order valence-electron chi connectivity index (χ3n) is 4.89. The highest BCUT2D eigenvalue weighted by Gasteiger charge is 2.17. The first-order chi connectivity index (χ1) is 14.1. The minimum absolute atomic E-state index is 0.282. The molecule has 0 saturated carbocycles. The predicted octanol–water partition coefficient (Wildman–Crippen LogP) is 2.83. The molecule has 0 fully saturated rings. The zero-order chi connectivity index (χ0) is 20.1. The van der Waals surface area contributed by atoms with Gasteiger partial charge in [0.15, 0.2) is 5.65 Å². The molecule has 0 atom stereocenters. The SMILES string of the molecule is CCc1nc(-n2ccc3c(cnc4c(-c5ccc(F)cc5)c(C)nn43)c2=O)n[nH]1. The third kappa shape index (κ3) is 2.62. The van der Waals surface area contributed by atoms with Crippen LogP contribution in [0.15, 0.2) is 47.5 Å². The molecule has 8 nitrogen and oxygen atoms in total. The van der Waals surface area contributed by atoms with E-state index in [2.05, 4.69) is 25.3 Å². The number of H-pyrrole nitrogens is 1. The van der Waals surface area contributed by atoms with Crippen LogP contribution >= 0.6 is 0 Å². The molecule has 1 aromatic carbocycles. The highest BCUT2D eigenvalue weighted by atomic mass is 19.1. The summed E-state index contributed by atoms with van der Waals surface area (Å²) in [6, 6.07) is 7.97. The first-order valence-electron chi connectivity index (χ1n) is 9.14. The van der Waals surface area contributed by atoms with Crippen molar-refractivity contribution in [1.29, 1.82) is 0 Å².